The number of fused-ring (bicyclic) bond motifs is 1. The molecule has 0 amide bonds. The van der Waals surface area contributed by atoms with Crippen molar-refractivity contribution in [1.29, 1.82) is 0 Å². The largest absolute Gasteiger partial charge is 0.480 e. The maximum atomic E-state index is 11.2. The van der Waals surface area contributed by atoms with Crippen LogP contribution in [0.4, 0.5) is 0 Å². The van der Waals surface area contributed by atoms with Gasteiger partial charge in [0, 0.05) is 12.7 Å². The van der Waals surface area contributed by atoms with Crippen LogP contribution >= 0.6 is 0 Å². The molecule has 3 rings (SSSR count). The Morgan fingerprint density at radius 2 is 2.10 bits per heavy atom. The average Bonchev–Trinajstić information content (AvgIpc) is 2.99. The van der Waals surface area contributed by atoms with Crippen LogP contribution < -0.4 is 0 Å². The fourth-order valence-corrected chi connectivity index (χ4v) is 2.48. The highest BCUT2D eigenvalue weighted by Crippen LogP contribution is 2.26. The molecule has 0 aliphatic heterocycles. The van der Waals surface area contributed by atoms with Crippen LogP contribution in [0.15, 0.2) is 30.5 Å². The van der Waals surface area contributed by atoms with E-state index in [4.69, 9.17) is 5.11 Å². The van der Waals surface area contributed by atoms with Crippen molar-refractivity contribution in [3.8, 4) is 11.4 Å². The van der Waals surface area contributed by atoms with Crippen molar-refractivity contribution in [2.24, 2.45) is 0 Å². The van der Waals surface area contributed by atoms with Crippen LogP contribution in [0.1, 0.15) is 12.6 Å². The molecule has 6 nitrogen and oxygen atoms in total. The second-order valence-corrected chi connectivity index (χ2v) is 4.89. The highest BCUT2D eigenvalue weighted by Gasteiger charge is 2.18. The van der Waals surface area contributed by atoms with Gasteiger partial charge in [-0.3, -0.25) is 9.48 Å². The number of nitrogens with zero attached hydrogens (tertiary/aromatic N) is 4. The first kappa shape index (κ1) is 13.4. The SMILES string of the molecule is CCn1cc(-c2nc3ccccc3n2CC(=O)O)c(C)n1. The lowest BCUT2D eigenvalue weighted by molar-refractivity contribution is -0.137. The summed E-state index contributed by atoms with van der Waals surface area (Å²) in [5.74, 6) is -0.240. The first-order valence-corrected chi connectivity index (χ1v) is 6.81. The number of aliphatic carboxylic acids is 1. The van der Waals surface area contributed by atoms with E-state index >= 15 is 0 Å². The molecular weight excluding hydrogens is 268 g/mol. The van der Waals surface area contributed by atoms with Crippen LogP contribution in [-0.4, -0.2) is 30.4 Å². The molecule has 2 heterocycles. The fourth-order valence-electron chi connectivity index (χ4n) is 2.48. The van der Waals surface area contributed by atoms with Gasteiger partial charge in [0.1, 0.15) is 12.4 Å². The van der Waals surface area contributed by atoms with Crippen molar-refractivity contribution in [2.45, 2.75) is 26.9 Å². The predicted molar refractivity (Wildman–Crippen MR) is 79.0 cm³/mol. The molecule has 0 aliphatic carbocycles. The summed E-state index contributed by atoms with van der Waals surface area (Å²) in [5, 5.41) is 13.6. The van der Waals surface area contributed by atoms with Crippen molar-refractivity contribution >= 4 is 17.0 Å². The molecule has 21 heavy (non-hydrogen) atoms. The number of para-hydroxylation sites is 2. The molecule has 0 unspecified atom stereocenters. The molecule has 1 aromatic carbocycles. The number of aromatic nitrogens is 4. The molecule has 0 saturated carbocycles. The Balaban J connectivity index is 2.25. The Hall–Kier alpha value is -2.63. The molecule has 108 valence electrons. The smallest absolute Gasteiger partial charge is 0.323 e. The first-order valence-electron chi connectivity index (χ1n) is 6.81. The summed E-state index contributed by atoms with van der Waals surface area (Å²) >= 11 is 0. The molecule has 2 aromatic heterocycles. The van der Waals surface area contributed by atoms with Gasteiger partial charge in [0.15, 0.2) is 0 Å². The van der Waals surface area contributed by atoms with Crippen molar-refractivity contribution in [3.05, 3.63) is 36.2 Å². The van der Waals surface area contributed by atoms with Gasteiger partial charge in [0.2, 0.25) is 0 Å². The zero-order chi connectivity index (χ0) is 15.0. The molecule has 0 radical (unpaired) electrons. The molecule has 0 fully saturated rings. The Labute approximate surface area is 121 Å². The van der Waals surface area contributed by atoms with Crippen molar-refractivity contribution < 1.29 is 9.90 Å². The monoisotopic (exact) mass is 284 g/mol. The number of hydrogen-bond donors (Lipinski definition) is 1. The zero-order valence-electron chi connectivity index (χ0n) is 11.9. The minimum atomic E-state index is -0.889. The predicted octanol–water partition coefficient (Wildman–Crippen LogP) is 2.31. The highest BCUT2D eigenvalue weighted by molar-refractivity contribution is 5.83. The summed E-state index contributed by atoms with van der Waals surface area (Å²) in [5.41, 5.74) is 3.32. The van der Waals surface area contributed by atoms with E-state index in [1.807, 2.05) is 49.0 Å². The van der Waals surface area contributed by atoms with E-state index in [9.17, 15) is 4.79 Å². The molecule has 0 spiro atoms. The van der Waals surface area contributed by atoms with Gasteiger partial charge in [-0.2, -0.15) is 5.10 Å². The Kier molecular flexibility index (Phi) is 3.21. The van der Waals surface area contributed by atoms with E-state index in [-0.39, 0.29) is 6.54 Å². The van der Waals surface area contributed by atoms with Crippen LogP contribution in [0.25, 0.3) is 22.4 Å². The number of benzene rings is 1. The van der Waals surface area contributed by atoms with Crippen LogP contribution in [0.3, 0.4) is 0 Å². The number of rotatable bonds is 4. The Morgan fingerprint density at radius 3 is 2.76 bits per heavy atom. The summed E-state index contributed by atoms with van der Waals surface area (Å²) < 4.78 is 3.55. The third-order valence-electron chi connectivity index (χ3n) is 3.46. The topological polar surface area (TPSA) is 72.9 Å². The Bertz CT molecular complexity index is 816. The molecule has 0 saturated heterocycles. The summed E-state index contributed by atoms with van der Waals surface area (Å²) in [4.78, 5) is 15.8. The summed E-state index contributed by atoms with van der Waals surface area (Å²) in [6, 6.07) is 7.55. The maximum Gasteiger partial charge on any atom is 0.323 e. The van der Waals surface area contributed by atoms with E-state index in [0.717, 1.165) is 28.8 Å². The molecule has 0 atom stereocenters. The van der Waals surface area contributed by atoms with Gasteiger partial charge in [0.05, 0.1) is 22.3 Å². The normalized spacial score (nSPS) is 11.1. The van der Waals surface area contributed by atoms with Gasteiger partial charge in [0.25, 0.3) is 0 Å². The van der Waals surface area contributed by atoms with E-state index in [1.165, 1.54) is 0 Å². The van der Waals surface area contributed by atoms with Crippen LogP contribution in [-0.2, 0) is 17.9 Å². The zero-order valence-corrected chi connectivity index (χ0v) is 11.9. The highest BCUT2D eigenvalue weighted by atomic mass is 16.4. The molecule has 3 aromatic rings. The molecule has 0 bridgehead atoms. The number of carbonyl (C=O) groups is 1. The van der Waals surface area contributed by atoms with Gasteiger partial charge in [-0.25, -0.2) is 4.98 Å². The van der Waals surface area contributed by atoms with Crippen LogP contribution in [0.5, 0.6) is 0 Å². The second kappa shape index (κ2) is 5.05. The number of carboxylic acid groups (broad SMARTS) is 1. The lowest BCUT2D eigenvalue weighted by Gasteiger charge is -2.05. The summed E-state index contributed by atoms with van der Waals surface area (Å²) in [6.45, 7) is 4.56. The van der Waals surface area contributed by atoms with Gasteiger partial charge in [-0.05, 0) is 26.0 Å². The summed E-state index contributed by atoms with van der Waals surface area (Å²) in [7, 11) is 0. The van der Waals surface area contributed by atoms with Gasteiger partial charge < -0.3 is 9.67 Å². The number of carboxylic acids is 1. The second-order valence-electron chi connectivity index (χ2n) is 4.89. The maximum absolute atomic E-state index is 11.2. The van der Waals surface area contributed by atoms with Gasteiger partial charge in [-0.15, -0.1) is 0 Å². The van der Waals surface area contributed by atoms with Crippen LogP contribution in [0, 0.1) is 6.92 Å². The van der Waals surface area contributed by atoms with E-state index in [1.54, 1.807) is 4.57 Å². The van der Waals surface area contributed by atoms with E-state index in [2.05, 4.69) is 10.1 Å². The molecule has 1 N–H and O–H groups in total. The van der Waals surface area contributed by atoms with Crippen LogP contribution in [0.2, 0.25) is 0 Å². The molecule has 0 aliphatic rings. The van der Waals surface area contributed by atoms with Crippen molar-refractivity contribution in [2.75, 3.05) is 0 Å². The third-order valence-corrected chi connectivity index (χ3v) is 3.46. The van der Waals surface area contributed by atoms with Gasteiger partial charge in [-0.1, -0.05) is 12.1 Å². The molecular formula is C15H16N4O2. The first-order chi connectivity index (χ1) is 10.1. The Morgan fingerprint density at radius 1 is 1.33 bits per heavy atom. The van der Waals surface area contributed by atoms with E-state index < -0.39 is 5.97 Å². The minimum Gasteiger partial charge on any atom is -0.480 e. The van der Waals surface area contributed by atoms with E-state index in [0.29, 0.717) is 5.82 Å². The quantitative estimate of drug-likeness (QED) is 0.798. The average molecular weight is 284 g/mol. The lowest BCUT2D eigenvalue weighted by Crippen LogP contribution is -2.10. The van der Waals surface area contributed by atoms with Crippen molar-refractivity contribution in [1.82, 2.24) is 19.3 Å². The number of imidazole rings is 1. The number of aryl methyl sites for hydroxylation is 2. The minimum absolute atomic E-state index is 0.118. The summed E-state index contributed by atoms with van der Waals surface area (Å²) in [6.07, 6.45) is 1.91. The fraction of sp³-hybridized carbons (Fsp3) is 0.267. The lowest BCUT2D eigenvalue weighted by atomic mass is 10.2. The third kappa shape index (κ3) is 2.29. The van der Waals surface area contributed by atoms with Crippen molar-refractivity contribution in [3.63, 3.8) is 0 Å². The standard InChI is InChI=1S/C15H16N4O2/c1-3-18-8-11(10(2)17-18)15-16-12-6-4-5-7-13(12)19(15)9-14(20)21/h4-8H,3,9H2,1-2H3,(H,20,21). The van der Waals surface area contributed by atoms with Gasteiger partial charge >= 0.3 is 5.97 Å². The molecule has 6 heteroatoms. The number of hydrogen-bond acceptors (Lipinski definition) is 3.